The molecule has 0 unspecified atom stereocenters. The van der Waals surface area contributed by atoms with Crippen LogP contribution >= 0.6 is 0 Å². The molecule has 1 aromatic heterocycles. The summed E-state index contributed by atoms with van der Waals surface area (Å²) in [6.07, 6.45) is 4.16. The standard InChI is InChI=1S/C16H17FN2O/c1-3-15(13-5-4-8-18-10-13)19-16(20)12-7-6-11(2)14(17)9-12/h4-10,15H,3H2,1-2H3,(H,19,20)/t15-/m0/s1. The van der Waals surface area contributed by atoms with Gasteiger partial charge in [-0.15, -0.1) is 0 Å². The number of halogens is 1. The molecular weight excluding hydrogens is 255 g/mol. The molecule has 1 atom stereocenters. The van der Waals surface area contributed by atoms with Crippen molar-refractivity contribution in [3.05, 3.63) is 65.2 Å². The van der Waals surface area contributed by atoms with E-state index in [1.165, 1.54) is 6.07 Å². The Morgan fingerprint density at radius 1 is 1.40 bits per heavy atom. The van der Waals surface area contributed by atoms with Gasteiger partial charge in [0.05, 0.1) is 6.04 Å². The molecule has 0 saturated carbocycles. The number of rotatable bonds is 4. The van der Waals surface area contributed by atoms with Gasteiger partial charge in [-0.2, -0.15) is 0 Å². The fraction of sp³-hybridized carbons (Fsp3) is 0.250. The first-order chi connectivity index (χ1) is 9.61. The summed E-state index contributed by atoms with van der Waals surface area (Å²) in [7, 11) is 0. The van der Waals surface area contributed by atoms with Crippen LogP contribution in [0.5, 0.6) is 0 Å². The molecule has 0 radical (unpaired) electrons. The van der Waals surface area contributed by atoms with Crippen LogP contribution in [0.15, 0.2) is 42.7 Å². The lowest BCUT2D eigenvalue weighted by molar-refractivity contribution is 0.0935. The van der Waals surface area contributed by atoms with Crippen molar-refractivity contribution in [2.45, 2.75) is 26.3 Å². The van der Waals surface area contributed by atoms with Crippen LogP contribution in [0.25, 0.3) is 0 Å². The number of amides is 1. The van der Waals surface area contributed by atoms with E-state index >= 15 is 0 Å². The molecule has 3 nitrogen and oxygen atoms in total. The summed E-state index contributed by atoms with van der Waals surface area (Å²) in [4.78, 5) is 16.2. The summed E-state index contributed by atoms with van der Waals surface area (Å²) in [6, 6.07) is 8.12. The number of aryl methyl sites for hydroxylation is 1. The lowest BCUT2D eigenvalue weighted by atomic mass is 10.1. The monoisotopic (exact) mass is 272 g/mol. The van der Waals surface area contributed by atoms with E-state index in [4.69, 9.17) is 0 Å². The molecule has 1 aromatic carbocycles. The second-order valence-electron chi connectivity index (χ2n) is 4.68. The van der Waals surface area contributed by atoms with E-state index in [0.717, 1.165) is 12.0 Å². The van der Waals surface area contributed by atoms with Crippen molar-refractivity contribution in [2.24, 2.45) is 0 Å². The quantitative estimate of drug-likeness (QED) is 0.926. The Bertz CT molecular complexity index is 599. The molecule has 104 valence electrons. The van der Waals surface area contributed by atoms with Crippen LogP contribution in [0.2, 0.25) is 0 Å². The summed E-state index contributed by atoms with van der Waals surface area (Å²) in [5, 5.41) is 2.90. The Kier molecular flexibility index (Phi) is 4.45. The summed E-state index contributed by atoms with van der Waals surface area (Å²) in [5.41, 5.74) is 1.80. The number of carbonyl (C=O) groups is 1. The zero-order valence-electron chi connectivity index (χ0n) is 11.6. The Balaban J connectivity index is 2.15. The fourth-order valence-electron chi connectivity index (χ4n) is 1.98. The number of aromatic nitrogens is 1. The molecule has 4 heteroatoms. The fourth-order valence-corrected chi connectivity index (χ4v) is 1.98. The number of nitrogens with zero attached hydrogens (tertiary/aromatic N) is 1. The molecule has 0 spiro atoms. The van der Waals surface area contributed by atoms with Crippen LogP contribution in [-0.4, -0.2) is 10.9 Å². The second kappa shape index (κ2) is 6.28. The Labute approximate surface area is 117 Å². The van der Waals surface area contributed by atoms with E-state index in [0.29, 0.717) is 11.1 Å². The van der Waals surface area contributed by atoms with E-state index in [1.54, 1.807) is 31.5 Å². The average molecular weight is 272 g/mol. The molecule has 1 amide bonds. The third kappa shape index (κ3) is 3.20. The van der Waals surface area contributed by atoms with Gasteiger partial charge in [0.2, 0.25) is 0 Å². The van der Waals surface area contributed by atoms with Gasteiger partial charge >= 0.3 is 0 Å². The number of pyridine rings is 1. The zero-order valence-corrected chi connectivity index (χ0v) is 11.6. The van der Waals surface area contributed by atoms with Gasteiger partial charge < -0.3 is 5.32 Å². The lowest BCUT2D eigenvalue weighted by Gasteiger charge is -2.17. The summed E-state index contributed by atoms with van der Waals surface area (Å²) < 4.78 is 13.5. The topological polar surface area (TPSA) is 42.0 Å². The van der Waals surface area contributed by atoms with Gasteiger partial charge in [-0.3, -0.25) is 9.78 Å². The van der Waals surface area contributed by atoms with E-state index in [9.17, 15) is 9.18 Å². The van der Waals surface area contributed by atoms with Crippen LogP contribution in [0.4, 0.5) is 4.39 Å². The highest BCUT2D eigenvalue weighted by molar-refractivity contribution is 5.94. The van der Waals surface area contributed by atoms with Crippen molar-refractivity contribution in [3.63, 3.8) is 0 Å². The second-order valence-corrected chi connectivity index (χ2v) is 4.68. The van der Waals surface area contributed by atoms with Crippen LogP contribution < -0.4 is 5.32 Å². The van der Waals surface area contributed by atoms with E-state index in [-0.39, 0.29) is 17.8 Å². The maximum atomic E-state index is 13.5. The van der Waals surface area contributed by atoms with Gasteiger partial charge in [0, 0.05) is 18.0 Å². The minimum absolute atomic E-state index is 0.124. The first-order valence-electron chi connectivity index (χ1n) is 6.58. The average Bonchev–Trinajstić information content (AvgIpc) is 2.48. The van der Waals surface area contributed by atoms with Crippen LogP contribution in [0, 0.1) is 12.7 Å². The van der Waals surface area contributed by atoms with E-state index in [1.807, 2.05) is 19.1 Å². The van der Waals surface area contributed by atoms with Crippen molar-refractivity contribution >= 4 is 5.91 Å². The molecule has 0 fully saturated rings. The predicted octanol–water partition coefficient (Wildman–Crippen LogP) is 3.41. The molecule has 1 N–H and O–H groups in total. The highest BCUT2D eigenvalue weighted by Gasteiger charge is 2.15. The van der Waals surface area contributed by atoms with Crippen molar-refractivity contribution in [1.82, 2.24) is 10.3 Å². The van der Waals surface area contributed by atoms with E-state index in [2.05, 4.69) is 10.3 Å². The van der Waals surface area contributed by atoms with Crippen molar-refractivity contribution in [2.75, 3.05) is 0 Å². The van der Waals surface area contributed by atoms with Gasteiger partial charge in [0.15, 0.2) is 0 Å². The molecule has 0 bridgehead atoms. The molecule has 0 saturated heterocycles. The van der Waals surface area contributed by atoms with Crippen molar-refractivity contribution in [3.8, 4) is 0 Å². The number of hydrogen-bond donors (Lipinski definition) is 1. The zero-order chi connectivity index (χ0) is 14.5. The third-order valence-electron chi connectivity index (χ3n) is 3.23. The van der Waals surface area contributed by atoms with Gasteiger partial charge in [-0.25, -0.2) is 4.39 Å². The number of hydrogen-bond acceptors (Lipinski definition) is 2. The SMILES string of the molecule is CC[C@H](NC(=O)c1ccc(C)c(F)c1)c1cccnc1. The highest BCUT2D eigenvalue weighted by atomic mass is 19.1. The summed E-state index contributed by atoms with van der Waals surface area (Å²) in [5.74, 6) is -0.647. The minimum atomic E-state index is -0.368. The maximum absolute atomic E-state index is 13.5. The van der Waals surface area contributed by atoms with Gasteiger partial charge in [0.1, 0.15) is 5.82 Å². The third-order valence-corrected chi connectivity index (χ3v) is 3.23. The molecule has 0 aliphatic heterocycles. The summed E-state index contributed by atoms with van der Waals surface area (Å²) >= 11 is 0. The Morgan fingerprint density at radius 2 is 2.20 bits per heavy atom. The Hall–Kier alpha value is -2.23. The van der Waals surface area contributed by atoms with Crippen molar-refractivity contribution in [1.29, 1.82) is 0 Å². The number of carbonyl (C=O) groups excluding carboxylic acids is 1. The molecule has 0 aliphatic carbocycles. The predicted molar refractivity (Wildman–Crippen MR) is 75.9 cm³/mol. The minimum Gasteiger partial charge on any atom is -0.345 e. The Morgan fingerprint density at radius 3 is 2.80 bits per heavy atom. The first-order valence-corrected chi connectivity index (χ1v) is 6.58. The first kappa shape index (κ1) is 14.2. The highest BCUT2D eigenvalue weighted by Crippen LogP contribution is 2.16. The van der Waals surface area contributed by atoms with Crippen LogP contribution in [0.3, 0.4) is 0 Å². The van der Waals surface area contributed by atoms with Gasteiger partial charge in [-0.05, 0) is 42.7 Å². The lowest BCUT2D eigenvalue weighted by Crippen LogP contribution is -2.28. The molecule has 0 aliphatic rings. The largest absolute Gasteiger partial charge is 0.345 e. The van der Waals surface area contributed by atoms with E-state index < -0.39 is 0 Å². The number of benzene rings is 1. The molecule has 20 heavy (non-hydrogen) atoms. The van der Waals surface area contributed by atoms with Crippen molar-refractivity contribution < 1.29 is 9.18 Å². The molecule has 1 heterocycles. The maximum Gasteiger partial charge on any atom is 0.251 e. The van der Waals surface area contributed by atoms with Crippen LogP contribution in [0.1, 0.15) is 40.9 Å². The van der Waals surface area contributed by atoms with Gasteiger partial charge in [0.25, 0.3) is 5.91 Å². The normalized spacial score (nSPS) is 11.9. The molecule has 2 rings (SSSR count). The summed E-state index contributed by atoms with van der Waals surface area (Å²) in [6.45, 7) is 3.65. The van der Waals surface area contributed by atoms with Crippen LogP contribution in [-0.2, 0) is 0 Å². The number of nitrogens with one attached hydrogen (secondary N) is 1. The smallest absolute Gasteiger partial charge is 0.251 e. The van der Waals surface area contributed by atoms with Gasteiger partial charge in [-0.1, -0.05) is 19.1 Å². The molecule has 2 aromatic rings. The molecular formula is C16H17FN2O.